The average molecular weight is 276 g/mol. The maximum atomic E-state index is 12.2. The lowest BCUT2D eigenvalue weighted by Crippen LogP contribution is -2.62. The summed E-state index contributed by atoms with van der Waals surface area (Å²) in [4.78, 5) is 12.2. The monoisotopic (exact) mass is 276 g/mol. The molecule has 0 radical (unpaired) electrons. The van der Waals surface area contributed by atoms with E-state index in [4.69, 9.17) is 10.5 Å². The maximum Gasteiger partial charge on any atom is 0.224 e. The van der Waals surface area contributed by atoms with Gasteiger partial charge in [0, 0.05) is 25.1 Å². The lowest BCUT2D eigenvalue weighted by molar-refractivity contribution is -0.132. The second-order valence-electron chi connectivity index (χ2n) is 6.05. The summed E-state index contributed by atoms with van der Waals surface area (Å²) in [5, 5.41) is 3.11. The summed E-state index contributed by atoms with van der Waals surface area (Å²) in [6.07, 6.45) is 1.50. The SMILES string of the molecule is COC1CC(NC(=O)Cc2ccccc2CN)C1(C)C. The summed E-state index contributed by atoms with van der Waals surface area (Å²) in [6.45, 7) is 4.72. The van der Waals surface area contributed by atoms with Crippen molar-refractivity contribution in [3.63, 3.8) is 0 Å². The smallest absolute Gasteiger partial charge is 0.224 e. The summed E-state index contributed by atoms with van der Waals surface area (Å²) in [5.41, 5.74) is 7.73. The van der Waals surface area contributed by atoms with Crippen molar-refractivity contribution in [2.75, 3.05) is 7.11 Å². The molecule has 1 saturated carbocycles. The second-order valence-corrected chi connectivity index (χ2v) is 6.05. The third kappa shape index (κ3) is 2.86. The first-order chi connectivity index (χ1) is 9.48. The minimum absolute atomic E-state index is 0.00219. The largest absolute Gasteiger partial charge is 0.381 e. The van der Waals surface area contributed by atoms with Crippen molar-refractivity contribution < 1.29 is 9.53 Å². The van der Waals surface area contributed by atoms with Gasteiger partial charge in [0.05, 0.1) is 12.5 Å². The van der Waals surface area contributed by atoms with Gasteiger partial charge < -0.3 is 15.8 Å². The minimum Gasteiger partial charge on any atom is -0.381 e. The van der Waals surface area contributed by atoms with Gasteiger partial charge in [0.25, 0.3) is 0 Å². The Bertz CT molecular complexity index is 485. The Kier molecular flexibility index (Phi) is 4.45. The number of ether oxygens (including phenoxy) is 1. The summed E-state index contributed by atoms with van der Waals surface area (Å²) < 4.78 is 5.40. The maximum absolute atomic E-state index is 12.2. The quantitative estimate of drug-likeness (QED) is 0.859. The molecule has 110 valence electrons. The fourth-order valence-corrected chi connectivity index (χ4v) is 2.88. The number of benzene rings is 1. The first kappa shape index (κ1) is 15.0. The molecule has 1 aliphatic rings. The van der Waals surface area contributed by atoms with Crippen LogP contribution in [0.1, 0.15) is 31.4 Å². The van der Waals surface area contributed by atoms with Crippen LogP contribution in [0, 0.1) is 5.41 Å². The fourth-order valence-electron chi connectivity index (χ4n) is 2.88. The highest BCUT2D eigenvalue weighted by molar-refractivity contribution is 5.79. The van der Waals surface area contributed by atoms with Crippen LogP contribution in [0.3, 0.4) is 0 Å². The molecule has 4 nitrogen and oxygen atoms in total. The zero-order chi connectivity index (χ0) is 14.8. The molecule has 1 amide bonds. The van der Waals surface area contributed by atoms with Gasteiger partial charge in [0.2, 0.25) is 5.91 Å². The van der Waals surface area contributed by atoms with Gasteiger partial charge in [0.15, 0.2) is 0 Å². The van der Waals surface area contributed by atoms with E-state index in [1.54, 1.807) is 7.11 Å². The lowest BCUT2D eigenvalue weighted by atomic mass is 9.64. The van der Waals surface area contributed by atoms with E-state index < -0.39 is 0 Å². The van der Waals surface area contributed by atoms with Crippen LogP contribution in [-0.4, -0.2) is 25.2 Å². The molecule has 1 aromatic rings. The van der Waals surface area contributed by atoms with E-state index in [2.05, 4.69) is 19.2 Å². The molecule has 2 unspecified atom stereocenters. The van der Waals surface area contributed by atoms with Crippen LogP contribution in [0.2, 0.25) is 0 Å². The molecule has 2 rings (SSSR count). The highest BCUT2D eigenvalue weighted by atomic mass is 16.5. The van der Waals surface area contributed by atoms with Gasteiger partial charge in [-0.1, -0.05) is 38.1 Å². The van der Waals surface area contributed by atoms with E-state index in [0.29, 0.717) is 13.0 Å². The number of nitrogens with two attached hydrogens (primary N) is 1. The highest BCUT2D eigenvalue weighted by Crippen LogP contribution is 2.42. The topological polar surface area (TPSA) is 64.3 Å². The van der Waals surface area contributed by atoms with Crippen molar-refractivity contribution in [1.82, 2.24) is 5.32 Å². The van der Waals surface area contributed by atoms with E-state index in [9.17, 15) is 4.79 Å². The first-order valence-electron chi connectivity index (χ1n) is 7.08. The molecule has 1 fully saturated rings. The molecule has 0 saturated heterocycles. The van der Waals surface area contributed by atoms with Crippen LogP contribution in [-0.2, 0) is 22.5 Å². The van der Waals surface area contributed by atoms with Crippen molar-refractivity contribution in [3.8, 4) is 0 Å². The Hall–Kier alpha value is -1.39. The van der Waals surface area contributed by atoms with E-state index in [0.717, 1.165) is 17.5 Å². The number of carbonyl (C=O) groups excluding carboxylic acids is 1. The van der Waals surface area contributed by atoms with Crippen molar-refractivity contribution >= 4 is 5.91 Å². The normalized spacial score (nSPS) is 24.0. The molecule has 0 heterocycles. The number of amides is 1. The number of nitrogens with one attached hydrogen (secondary N) is 1. The third-order valence-corrected chi connectivity index (χ3v) is 4.49. The van der Waals surface area contributed by atoms with Crippen molar-refractivity contribution in [2.24, 2.45) is 11.1 Å². The zero-order valence-corrected chi connectivity index (χ0v) is 12.5. The summed E-state index contributed by atoms with van der Waals surface area (Å²) >= 11 is 0. The van der Waals surface area contributed by atoms with Crippen molar-refractivity contribution in [1.29, 1.82) is 0 Å². The molecule has 1 aromatic carbocycles. The second kappa shape index (κ2) is 5.94. The van der Waals surface area contributed by atoms with Crippen LogP contribution in [0.15, 0.2) is 24.3 Å². The first-order valence-corrected chi connectivity index (χ1v) is 7.08. The number of hydrogen-bond acceptors (Lipinski definition) is 3. The molecule has 20 heavy (non-hydrogen) atoms. The van der Waals surface area contributed by atoms with Crippen LogP contribution >= 0.6 is 0 Å². The molecule has 0 spiro atoms. The molecule has 4 heteroatoms. The van der Waals surface area contributed by atoms with Crippen LogP contribution in [0.5, 0.6) is 0 Å². The number of rotatable bonds is 5. The number of hydrogen-bond donors (Lipinski definition) is 2. The third-order valence-electron chi connectivity index (χ3n) is 4.49. The predicted molar refractivity (Wildman–Crippen MR) is 79.2 cm³/mol. The predicted octanol–water partition coefficient (Wildman–Crippen LogP) is 1.62. The van der Waals surface area contributed by atoms with E-state index >= 15 is 0 Å². The lowest BCUT2D eigenvalue weighted by Gasteiger charge is -2.51. The molecule has 3 N–H and O–H groups in total. The molecule has 0 bridgehead atoms. The summed E-state index contributed by atoms with van der Waals surface area (Å²) in [5.74, 6) is 0.0542. The highest BCUT2D eigenvalue weighted by Gasteiger charge is 2.49. The Morgan fingerprint density at radius 3 is 2.60 bits per heavy atom. The van der Waals surface area contributed by atoms with Crippen LogP contribution in [0.25, 0.3) is 0 Å². The van der Waals surface area contributed by atoms with Crippen LogP contribution in [0.4, 0.5) is 0 Å². The Labute approximate surface area is 120 Å². The molecular formula is C16H24N2O2. The Morgan fingerprint density at radius 1 is 1.40 bits per heavy atom. The Balaban J connectivity index is 1.94. The molecule has 0 aliphatic heterocycles. The number of methoxy groups -OCH3 is 1. The van der Waals surface area contributed by atoms with Gasteiger partial charge >= 0.3 is 0 Å². The zero-order valence-electron chi connectivity index (χ0n) is 12.5. The van der Waals surface area contributed by atoms with Gasteiger partial charge in [-0.15, -0.1) is 0 Å². The van der Waals surface area contributed by atoms with E-state index in [1.807, 2.05) is 24.3 Å². The molecule has 0 aromatic heterocycles. The van der Waals surface area contributed by atoms with E-state index in [-0.39, 0.29) is 23.5 Å². The van der Waals surface area contributed by atoms with Gasteiger partial charge in [-0.3, -0.25) is 4.79 Å². The Morgan fingerprint density at radius 2 is 2.05 bits per heavy atom. The summed E-state index contributed by atoms with van der Waals surface area (Å²) in [7, 11) is 1.72. The summed E-state index contributed by atoms with van der Waals surface area (Å²) in [6, 6.07) is 8.00. The van der Waals surface area contributed by atoms with Gasteiger partial charge in [-0.05, 0) is 17.5 Å². The molecular weight excluding hydrogens is 252 g/mol. The van der Waals surface area contributed by atoms with Crippen LogP contribution < -0.4 is 11.1 Å². The van der Waals surface area contributed by atoms with Crippen molar-refractivity contribution in [2.45, 2.75) is 45.4 Å². The van der Waals surface area contributed by atoms with E-state index in [1.165, 1.54) is 0 Å². The van der Waals surface area contributed by atoms with Gasteiger partial charge in [0.1, 0.15) is 0 Å². The molecule has 2 atom stereocenters. The average Bonchev–Trinajstić information content (AvgIpc) is 2.43. The van der Waals surface area contributed by atoms with Crippen molar-refractivity contribution in [3.05, 3.63) is 35.4 Å². The number of carbonyl (C=O) groups is 1. The van der Waals surface area contributed by atoms with Gasteiger partial charge in [-0.25, -0.2) is 0 Å². The molecule has 1 aliphatic carbocycles. The fraction of sp³-hybridized carbons (Fsp3) is 0.562. The standard InChI is InChI=1S/C16H24N2O2/c1-16(2)13(9-14(16)20-3)18-15(19)8-11-6-4-5-7-12(11)10-17/h4-7,13-14H,8-10,17H2,1-3H3,(H,18,19). The minimum atomic E-state index is -0.00219. The van der Waals surface area contributed by atoms with Gasteiger partial charge in [-0.2, -0.15) is 0 Å².